The maximum Gasteiger partial charge on any atom is 0.246 e. The second kappa shape index (κ2) is 7.49. The molecule has 1 atom stereocenters. The topological polar surface area (TPSA) is 42.4 Å². The minimum Gasteiger partial charge on any atom is -0.497 e. The molecule has 2 aromatic carbocycles. The van der Waals surface area contributed by atoms with Crippen molar-refractivity contribution in [2.45, 2.75) is 13.0 Å². The normalized spacial score (nSPS) is 12.4. The highest BCUT2D eigenvalue weighted by atomic mass is 32.1. The van der Waals surface area contributed by atoms with E-state index in [1.165, 1.54) is 0 Å². The lowest BCUT2D eigenvalue weighted by molar-refractivity contribution is -0.126. The van der Waals surface area contributed by atoms with E-state index < -0.39 is 0 Å². The SMILES string of the molecule is COc1ccc(C(C)N(C)C(=O)/C=C/c2nc3ccccc3s2)cc1. The van der Waals surface area contributed by atoms with Gasteiger partial charge in [-0.05, 0) is 42.8 Å². The van der Waals surface area contributed by atoms with Crippen molar-refractivity contribution in [1.82, 2.24) is 9.88 Å². The van der Waals surface area contributed by atoms with Gasteiger partial charge < -0.3 is 9.64 Å². The van der Waals surface area contributed by atoms with Crippen LogP contribution >= 0.6 is 11.3 Å². The largest absolute Gasteiger partial charge is 0.497 e. The molecule has 0 aliphatic rings. The Morgan fingerprint density at radius 2 is 1.92 bits per heavy atom. The second-order valence-corrected chi connectivity index (χ2v) is 6.81. The van der Waals surface area contributed by atoms with Crippen LogP contribution in [0.1, 0.15) is 23.5 Å². The number of aromatic nitrogens is 1. The van der Waals surface area contributed by atoms with Gasteiger partial charge in [-0.15, -0.1) is 11.3 Å². The number of likely N-dealkylation sites (N-methyl/N-ethyl adjacent to an activating group) is 1. The van der Waals surface area contributed by atoms with Crippen LogP contribution in [-0.2, 0) is 4.79 Å². The zero-order chi connectivity index (χ0) is 17.8. The number of carbonyl (C=O) groups excluding carboxylic acids is 1. The summed E-state index contributed by atoms with van der Waals surface area (Å²) in [6.45, 7) is 2.01. The molecule has 0 radical (unpaired) electrons. The van der Waals surface area contributed by atoms with E-state index in [1.54, 1.807) is 42.5 Å². The molecule has 0 spiro atoms. The van der Waals surface area contributed by atoms with E-state index in [9.17, 15) is 4.79 Å². The van der Waals surface area contributed by atoms with E-state index in [1.807, 2.05) is 55.5 Å². The molecule has 1 amide bonds. The van der Waals surface area contributed by atoms with Gasteiger partial charge in [0.1, 0.15) is 10.8 Å². The molecule has 128 valence electrons. The summed E-state index contributed by atoms with van der Waals surface area (Å²) in [7, 11) is 3.45. The van der Waals surface area contributed by atoms with Gasteiger partial charge in [0.05, 0.1) is 23.4 Å². The lowest BCUT2D eigenvalue weighted by atomic mass is 10.1. The van der Waals surface area contributed by atoms with Gasteiger partial charge >= 0.3 is 0 Å². The Balaban J connectivity index is 1.70. The summed E-state index contributed by atoms with van der Waals surface area (Å²) in [5.74, 6) is 0.753. The molecule has 0 aliphatic heterocycles. The molecule has 3 rings (SSSR count). The van der Waals surface area contributed by atoms with E-state index in [2.05, 4.69) is 4.98 Å². The van der Waals surface area contributed by atoms with Crippen molar-refractivity contribution in [3.8, 4) is 5.75 Å². The summed E-state index contributed by atoms with van der Waals surface area (Å²) in [6, 6.07) is 15.7. The van der Waals surface area contributed by atoms with Crippen molar-refractivity contribution in [1.29, 1.82) is 0 Å². The highest BCUT2D eigenvalue weighted by Gasteiger charge is 2.15. The third kappa shape index (κ3) is 3.88. The van der Waals surface area contributed by atoms with Crippen LogP contribution in [0.2, 0.25) is 0 Å². The van der Waals surface area contributed by atoms with E-state index in [0.717, 1.165) is 26.5 Å². The summed E-state index contributed by atoms with van der Waals surface area (Å²) in [5.41, 5.74) is 2.02. The highest BCUT2D eigenvalue weighted by molar-refractivity contribution is 7.19. The Kier molecular flexibility index (Phi) is 5.14. The molecule has 1 heterocycles. The highest BCUT2D eigenvalue weighted by Crippen LogP contribution is 2.24. The van der Waals surface area contributed by atoms with Gasteiger partial charge in [0, 0.05) is 13.1 Å². The van der Waals surface area contributed by atoms with Crippen LogP contribution < -0.4 is 4.74 Å². The monoisotopic (exact) mass is 352 g/mol. The third-order valence-corrected chi connectivity index (χ3v) is 5.21. The number of methoxy groups -OCH3 is 1. The average molecular weight is 352 g/mol. The minimum absolute atomic E-state index is 0.0292. The van der Waals surface area contributed by atoms with Gasteiger partial charge in [-0.2, -0.15) is 0 Å². The molecule has 0 bridgehead atoms. The van der Waals surface area contributed by atoms with Crippen molar-refractivity contribution in [3.05, 3.63) is 65.2 Å². The maximum absolute atomic E-state index is 12.5. The van der Waals surface area contributed by atoms with Crippen molar-refractivity contribution in [2.75, 3.05) is 14.2 Å². The Morgan fingerprint density at radius 3 is 2.60 bits per heavy atom. The van der Waals surface area contributed by atoms with Crippen LogP contribution in [-0.4, -0.2) is 29.9 Å². The number of ether oxygens (including phenoxy) is 1. The molecule has 4 nitrogen and oxygen atoms in total. The molecule has 0 aliphatic carbocycles. The Morgan fingerprint density at radius 1 is 1.20 bits per heavy atom. The molecule has 5 heteroatoms. The van der Waals surface area contributed by atoms with Gasteiger partial charge in [-0.1, -0.05) is 24.3 Å². The molecular weight excluding hydrogens is 332 g/mol. The third-order valence-electron chi connectivity index (χ3n) is 4.21. The number of amides is 1. The van der Waals surface area contributed by atoms with Gasteiger partial charge in [-0.3, -0.25) is 4.79 Å². The zero-order valence-electron chi connectivity index (χ0n) is 14.5. The molecule has 0 saturated carbocycles. The Hall–Kier alpha value is -2.66. The maximum atomic E-state index is 12.5. The quantitative estimate of drug-likeness (QED) is 0.633. The summed E-state index contributed by atoms with van der Waals surface area (Å²) in [6.07, 6.45) is 3.36. The first-order chi connectivity index (χ1) is 12.1. The van der Waals surface area contributed by atoms with Crippen LogP contribution in [0, 0.1) is 0 Å². The van der Waals surface area contributed by atoms with Crippen LogP contribution in [0.3, 0.4) is 0 Å². The number of hydrogen-bond acceptors (Lipinski definition) is 4. The van der Waals surface area contributed by atoms with Crippen LogP contribution in [0.5, 0.6) is 5.75 Å². The first-order valence-corrected chi connectivity index (χ1v) is 8.84. The molecule has 3 aromatic rings. The molecule has 1 aromatic heterocycles. The van der Waals surface area contributed by atoms with Gasteiger partial charge in [-0.25, -0.2) is 4.98 Å². The molecular formula is C20H20N2O2S. The fourth-order valence-electron chi connectivity index (χ4n) is 2.52. The number of thiazole rings is 1. The van der Waals surface area contributed by atoms with Gasteiger partial charge in [0.25, 0.3) is 0 Å². The first kappa shape index (κ1) is 17.2. The number of fused-ring (bicyclic) bond motifs is 1. The predicted octanol–water partition coefficient (Wildman–Crippen LogP) is 4.54. The smallest absolute Gasteiger partial charge is 0.246 e. The zero-order valence-corrected chi connectivity index (χ0v) is 15.3. The van der Waals surface area contributed by atoms with Crippen molar-refractivity contribution >= 4 is 33.5 Å². The lowest BCUT2D eigenvalue weighted by Gasteiger charge is -2.24. The molecule has 0 N–H and O–H groups in total. The van der Waals surface area contributed by atoms with Crippen molar-refractivity contribution in [3.63, 3.8) is 0 Å². The Bertz CT molecular complexity index is 866. The van der Waals surface area contributed by atoms with E-state index in [0.29, 0.717) is 0 Å². The number of para-hydroxylation sites is 1. The number of carbonyl (C=O) groups is 1. The second-order valence-electron chi connectivity index (χ2n) is 5.75. The van der Waals surface area contributed by atoms with E-state index in [-0.39, 0.29) is 11.9 Å². The first-order valence-electron chi connectivity index (χ1n) is 8.03. The van der Waals surface area contributed by atoms with Crippen LogP contribution in [0.25, 0.3) is 16.3 Å². The lowest BCUT2D eigenvalue weighted by Crippen LogP contribution is -2.27. The van der Waals surface area contributed by atoms with E-state index >= 15 is 0 Å². The summed E-state index contributed by atoms with van der Waals surface area (Å²) in [4.78, 5) is 18.7. The summed E-state index contributed by atoms with van der Waals surface area (Å²) >= 11 is 1.58. The summed E-state index contributed by atoms with van der Waals surface area (Å²) in [5, 5.41) is 0.833. The minimum atomic E-state index is -0.0532. The fourth-order valence-corrected chi connectivity index (χ4v) is 3.39. The van der Waals surface area contributed by atoms with Crippen molar-refractivity contribution < 1.29 is 9.53 Å². The van der Waals surface area contributed by atoms with Gasteiger partial charge in [0.15, 0.2) is 0 Å². The van der Waals surface area contributed by atoms with Crippen LogP contribution in [0.4, 0.5) is 0 Å². The number of rotatable bonds is 5. The van der Waals surface area contributed by atoms with Crippen LogP contribution in [0.15, 0.2) is 54.6 Å². The van der Waals surface area contributed by atoms with E-state index in [4.69, 9.17) is 4.74 Å². The Labute approximate surface area is 151 Å². The van der Waals surface area contributed by atoms with Gasteiger partial charge in [0.2, 0.25) is 5.91 Å². The fraction of sp³-hybridized carbons (Fsp3) is 0.200. The standard InChI is InChI=1S/C20H20N2O2S/c1-14(15-8-10-16(24-3)11-9-15)22(2)20(23)13-12-19-21-17-6-4-5-7-18(17)25-19/h4-14H,1-3H3/b13-12+. The number of nitrogens with zero attached hydrogens (tertiary/aromatic N) is 2. The molecule has 0 saturated heterocycles. The number of benzene rings is 2. The molecule has 0 fully saturated rings. The molecule has 25 heavy (non-hydrogen) atoms. The van der Waals surface area contributed by atoms with Crippen molar-refractivity contribution in [2.24, 2.45) is 0 Å². The summed E-state index contributed by atoms with van der Waals surface area (Å²) < 4.78 is 6.29. The average Bonchev–Trinajstić information content (AvgIpc) is 3.08. The number of hydrogen-bond donors (Lipinski definition) is 0. The molecule has 1 unspecified atom stereocenters. The predicted molar refractivity (Wildman–Crippen MR) is 103 cm³/mol.